The lowest BCUT2D eigenvalue weighted by molar-refractivity contribution is -0.120. The molecule has 6 rings (SSSR count). The van der Waals surface area contributed by atoms with Crippen molar-refractivity contribution in [3.63, 3.8) is 0 Å². The van der Waals surface area contributed by atoms with E-state index in [1.54, 1.807) is 0 Å². The van der Waals surface area contributed by atoms with Crippen molar-refractivity contribution in [3.05, 3.63) is 35.5 Å². The van der Waals surface area contributed by atoms with Crippen LogP contribution in [0, 0.1) is 18.3 Å². The summed E-state index contributed by atoms with van der Waals surface area (Å²) in [4.78, 5) is 19.7. The van der Waals surface area contributed by atoms with Crippen molar-refractivity contribution in [2.24, 2.45) is 11.3 Å². The van der Waals surface area contributed by atoms with Crippen LogP contribution in [0.25, 0.3) is 10.8 Å². The molecule has 2 aromatic rings. The number of carbonyl (C=O) groups is 1. The predicted octanol–water partition coefficient (Wildman–Crippen LogP) is 4.99. The molecule has 2 saturated heterocycles. The Hall–Kier alpha value is -2.09. The molecule has 1 aromatic carbocycles. The Labute approximate surface area is 212 Å². The maximum atomic E-state index is 14.5. The summed E-state index contributed by atoms with van der Waals surface area (Å²) in [6, 6.07) is 6.49. The molecule has 0 radical (unpaired) electrons. The molecule has 1 N–H and O–H groups in total. The van der Waals surface area contributed by atoms with E-state index in [-0.39, 0.29) is 23.8 Å². The molecule has 3 heterocycles. The van der Waals surface area contributed by atoms with Gasteiger partial charge in [-0.3, -0.25) is 9.69 Å². The standard InChI is InChI=1S/C29H38FN3O3/c1-4-36-22-12-29(13-22)14-24(29)27(34)32-26-11-20-10-23(18(2)9-21(20)15-31-26)19-5-7-33(8-6-19)28(3)17-35-16-25(28)30/h9-11,15,19,22,24-25H,4-8,12-14,16-17H2,1-3H3,(H,31,32,34)/t22?,24-,25-,28+,29?/m1/s1. The lowest BCUT2D eigenvalue weighted by atomic mass is 9.77. The Morgan fingerprint density at radius 2 is 2.00 bits per heavy atom. The highest BCUT2D eigenvalue weighted by Crippen LogP contribution is 2.66. The summed E-state index contributed by atoms with van der Waals surface area (Å²) in [6.45, 7) is 9.39. The molecule has 194 valence electrons. The van der Waals surface area contributed by atoms with Gasteiger partial charge < -0.3 is 14.8 Å². The smallest absolute Gasteiger partial charge is 0.229 e. The van der Waals surface area contributed by atoms with Gasteiger partial charge in [-0.15, -0.1) is 0 Å². The second-order valence-electron chi connectivity index (χ2n) is 11.8. The number of anilines is 1. The van der Waals surface area contributed by atoms with E-state index in [4.69, 9.17) is 9.47 Å². The molecule has 6 nitrogen and oxygen atoms in total. The number of nitrogens with one attached hydrogen (secondary N) is 1. The van der Waals surface area contributed by atoms with E-state index in [1.165, 1.54) is 11.1 Å². The van der Waals surface area contributed by atoms with Crippen LogP contribution in [0.1, 0.15) is 63.0 Å². The van der Waals surface area contributed by atoms with Crippen molar-refractivity contribution in [3.8, 4) is 0 Å². The number of hydrogen-bond donors (Lipinski definition) is 1. The number of benzene rings is 1. The molecule has 0 bridgehead atoms. The molecule has 2 saturated carbocycles. The zero-order chi connectivity index (χ0) is 25.1. The van der Waals surface area contributed by atoms with Gasteiger partial charge in [0.1, 0.15) is 12.0 Å². The largest absolute Gasteiger partial charge is 0.378 e. The van der Waals surface area contributed by atoms with Crippen LogP contribution < -0.4 is 5.32 Å². The van der Waals surface area contributed by atoms with E-state index in [0.29, 0.717) is 24.4 Å². The summed E-state index contributed by atoms with van der Waals surface area (Å²) in [5.41, 5.74) is 2.30. The predicted molar refractivity (Wildman–Crippen MR) is 138 cm³/mol. The van der Waals surface area contributed by atoms with Gasteiger partial charge in [-0.05, 0) is 106 Å². The molecule has 4 fully saturated rings. The number of carbonyl (C=O) groups excluding carboxylic acids is 1. The van der Waals surface area contributed by atoms with Crippen molar-refractivity contribution in [2.75, 3.05) is 38.2 Å². The molecule has 7 heteroatoms. The van der Waals surface area contributed by atoms with Gasteiger partial charge in [0.2, 0.25) is 5.91 Å². The number of aromatic nitrogens is 1. The van der Waals surface area contributed by atoms with Crippen molar-refractivity contribution < 1.29 is 18.7 Å². The Morgan fingerprint density at radius 1 is 1.22 bits per heavy atom. The Kier molecular flexibility index (Phi) is 6.09. The Morgan fingerprint density at radius 3 is 2.69 bits per heavy atom. The van der Waals surface area contributed by atoms with Crippen molar-refractivity contribution in [1.29, 1.82) is 0 Å². The molecule has 36 heavy (non-hydrogen) atoms. The van der Waals surface area contributed by atoms with E-state index in [9.17, 15) is 9.18 Å². The van der Waals surface area contributed by atoms with Gasteiger partial charge in [0.05, 0.1) is 24.9 Å². The SMILES string of the molecule is CCOC1CC2(C1)C[C@@H]2C(=O)Nc1cc2cc(C3CCN([C@@]4(C)COC[C@H]4F)CC3)c(C)cc2cn1. The summed E-state index contributed by atoms with van der Waals surface area (Å²) in [5, 5.41) is 5.27. The van der Waals surface area contributed by atoms with E-state index < -0.39 is 11.7 Å². The third-order valence-corrected chi connectivity index (χ3v) is 9.53. The minimum atomic E-state index is -0.918. The molecule has 1 aromatic heterocycles. The fourth-order valence-electron chi connectivity index (χ4n) is 7.05. The first-order valence-electron chi connectivity index (χ1n) is 13.6. The first-order chi connectivity index (χ1) is 17.3. The summed E-state index contributed by atoms with van der Waals surface area (Å²) in [5.74, 6) is 1.25. The molecule has 2 aliphatic carbocycles. The molecule has 2 aliphatic heterocycles. The van der Waals surface area contributed by atoms with Crippen LogP contribution in [0.2, 0.25) is 0 Å². The number of pyridine rings is 1. The van der Waals surface area contributed by atoms with Gasteiger partial charge in [0.25, 0.3) is 0 Å². The van der Waals surface area contributed by atoms with Crippen molar-refractivity contribution >= 4 is 22.5 Å². The fourth-order valence-corrected chi connectivity index (χ4v) is 7.05. The van der Waals surface area contributed by atoms with Crippen LogP contribution in [-0.4, -0.2) is 66.5 Å². The van der Waals surface area contributed by atoms with Crippen LogP contribution >= 0.6 is 0 Å². The first kappa shape index (κ1) is 24.3. The van der Waals surface area contributed by atoms with Crippen molar-refractivity contribution in [1.82, 2.24) is 9.88 Å². The third kappa shape index (κ3) is 4.13. The van der Waals surface area contributed by atoms with E-state index in [2.05, 4.69) is 34.3 Å². The minimum Gasteiger partial charge on any atom is -0.378 e. The van der Waals surface area contributed by atoms with Crippen LogP contribution in [0.3, 0.4) is 0 Å². The Balaban J connectivity index is 1.12. The normalized spacial score (nSPS) is 34.7. The van der Waals surface area contributed by atoms with Gasteiger partial charge >= 0.3 is 0 Å². The molecule has 0 unspecified atom stereocenters. The highest BCUT2D eigenvalue weighted by molar-refractivity contribution is 5.96. The topological polar surface area (TPSA) is 63.7 Å². The van der Waals surface area contributed by atoms with E-state index in [1.807, 2.05) is 26.1 Å². The number of likely N-dealkylation sites (tertiary alicyclic amines) is 1. The average Bonchev–Trinajstić information content (AvgIpc) is 3.50. The minimum absolute atomic E-state index is 0.0847. The molecule has 4 aliphatic rings. The zero-order valence-electron chi connectivity index (χ0n) is 21.7. The zero-order valence-corrected chi connectivity index (χ0v) is 21.7. The summed E-state index contributed by atoms with van der Waals surface area (Å²) in [7, 11) is 0. The first-order valence-corrected chi connectivity index (χ1v) is 13.6. The number of nitrogens with zero attached hydrogens (tertiary/aromatic N) is 2. The summed E-state index contributed by atoms with van der Waals surface area (Å²) < 4.78 is 25.6. The maximum absolute atomic E-state index is 14.5. The van der Waals surface area contributed by atoms with Gasteiger partial charge in [0.15, 0.2) is 0 Å². The number of piperidine rings is 1. The number of rotatable bonds is 6. The number of hydrogen-bond acceptors (Lipinski definition) is 5. The number of fused-ring (bicyclic) bond motifs is 1. The number of amides is 1. The van der Waals surface area contributed by atoms with Crippen LogP contribution in [0.15, 0.2) is 24.4 Å². The lowest BCUT2D eigenvalue weighted by Gasteiger charge is -2.43. The third-order valence-electron chi connectivity index (χ3n) is 9.53. The Bertz CT molecular complexity index is 1160. The van der Waals surface area contributed by atoms with Crippen LogP contribution in [-0.2, 0) is 14.3 Å². The number of ether oxygens (including phenoxy) is 2. The monoisotopic (exact) mass is 495 g/mol. The van der Waals surface area contributed by atoms with E-state index in [0.717, 1.165) is 62.6 Å². The summed E-state index contributed by atoms with van der Waals surface area (Å²) in [6.07, 6.45) is 6.27. The molecule has 1 amide bonds. The molecular weight excluding hydrogens is 457 g/mol. The summed E-state index contributed by atoms with van der Waals surface area (Å²) >= 11 is 0. The van der Waals surface area contributed by atoms with Gasteiger partial charge in [-0.2, -0.15) is 0 Å². The molecule has 1 spiro atoms. The van der Waals surface area contributed by atoms with Crippen LogP contribution in [0.5, 0.6) is 0 Å². The van der Waals surface area contributed by atoms with Crippen molar-refractivity contribution in [2.45, 2.75) is 76.6 Å². The second-order valence-corrected chi connectivity index (χ2v) is 11.8. The highest BCUT2D eigenvalue weighted by Gasteiger charge is 2.64. The average molecular weight is 496 g/mol. The second kappa shape index (κ2) is 9.03. The fraction of sp³-hybridized carbons (Fsp3) is 0.655. The maximum Gasteiger partial charge on any atom is 0.229 e. The van der Waals surface area contributed by atoms with Gasteiger partial charge in [-0.25, -0.2) is 9.37 Å². The van der Waals surface area contributed by atoms with Gasteiger partial charge in [0, 0.05) is 24.1 Å². The lowest BCUT2D eigenvalue weighted by Crippen LogP contribution is -2.55. The number of halogens is 1. The van der Waals surface area contributed by atoms with Crippen LogP contribution in [0.4, 0.5) is 10.2 Å². The number of aryl methyl sites for hydroxylation is 1. The highest BCUT2D eigenvalue weighted by atomic mass is 19.1. The molecule has 3 atom stereocenters. The quantitative estimate of drug-likeness (QED) is 0.612. The number of alkyl halides is 1. The van der Waals surface area contributed by atoms with Gasteiger partial charge in [-0.1, -0.05) is 6.07 Å². The molecular formula is C29H38FN3O3. The van der Waals surface area contributed by atoms with E-state index >= 15 is 0 Å².